The summed E-state index contributed by atoms with van der Waals surface area (Å²) in [6, 6.07) is 32.1. The molecular formula is C33H31BrN4O2. The van der Waals surface area contributed by atoms with Gasteiger partial charge in [-0.3, -0.25) is 9.36 Å². The maximum atomic E-state index is 13.9. The van der Waals surface area contributed by atoms with Crippen molar-refractivity contribution in [2.45, 2.75) is 32.7 Å². The highest BCUT2D eigenvalue weighted by Crippen LogP contribution is 2.26. The Balaban J connectivity index is 1.61. The third kappa shape index (κ3) is 5.84. The number of nitrogens with one attached hydrogen (secondary N) is 1. The van der Waals surface area contributed by atoms with Crippen LogP contribution in [0.5, 0.6) is 0 Å². The number of carbonyl (C=O) groups excluding carboxylic acids is 1. The predicted octanol–water partition coefficient (Wildman–Crippen LogP) is 7.55. The van der Waals surface area contributed by atoms with Gasteiger partial charge in [-0.05, 0) is 83.2 Å². The molecule has 5 aromatic rings. The quantitative estimate of drug-likeness (QED) is 0.202. The van der Waals surface area contributed by atoms with E-state index in [4.69, 9.17) is 4.98 Å². The van der Waals surface area contributed by atoms with Crippen molar-refractivity contribution >= 4 is 38.6 Å². The molecule has 0 saturated heterocycles. The van der Waals surface area contributed by atoms with Crippen molar-refractivity contribution in [3.05, 3.63) is 135 Å². The number of rotatable bonds is 8. The van der Waals surface area contributed by atoms with Gasteiger partial charge in [0.15, 0.2) is 0 Å². The SMILES string of the molecule is CCc1ccc(-n2c(C(C)N(CCc3ccccc3)C(=O)Nc3ccccc3Br)nc3ccccc3c2=O)cc1. The lowest BCUT2D eigenvalue weighted by Crippen LogP contribution is -2.41. The summed E-state index contributed by atoms with van der Waals surface area (Å²) in [7, 11) is 0. The van der Waals surface area contributed by atoms with Crippen molar-refractivity contribution in [1.29, 1.82) is 0 Å². The topological polar surface area (TPSA) is 67.2 Å². The number of hydrogen-bond donors (Lipinski definition) is 1. The van der Waals surface area contributed by atoms with E-state index in [9.17, 15) is 9.59 Å². The molecule has 0 aliphatic heterocycles. The highest BCUT2D eigenvalue weighted by atomic mass is 79.9. The first-order valence-electron chi connectivity index (χ1n) is 13.4. The fourth-order valence-electron chi connectivity index (χ4n) is 4.81. The molecular weight excluding hydrogens is 564 g/mol. The van der Waals surface area contributed by atoms with E-state index >= 15 is 0 Å². The molecule has 6 nitrogen and oxygen atoms in total. The minimum absolute atomic E-state index is 0.161. The Morgan fingerprint density at radius 2 is 1.57 bits per heavy atom. The molecule has 0 saturated carbocycles. The van der Waals surface area contributed by atoms with Crippen LogP contribution in [-0.2, 0) is 12.8 Å². The summed E-state index contributed by atoms with van der Waals surface area (Å²) >= 11 is 3.53. The van der Waals surface area contributed by atoms with Gasteiger partial charge in [0, 0.05) is 11.0 Å². The van der Waals surface area contributed by atoms with E-state index in [-0.39, 0.29) is 11.6 Å². The van der Waals surface area contributed by atoms with Crippen LogP contribution in [0.2, 0.25) is 0 Å². The smallest absolute Gasteiger partial charge is 0.314 e. The normalized spacial score (nSPS) is 11.8. The molecule has 0 radical (unpaired) electrons. The Bertz CT molecular complexity index is 1680. The average Bonchev–Trinajstić information content (AvgIpc) is 2.99. The van der Waals surface area contributed by atoms with Crippen LogP contribution < -0.4 is 10.9 Å². The number of nitrogens with zero attached hydrogens (tertiary/aromatic N) is 3. The average molecular weight is 596 g/mol. The Hall–Kier alpha value is -4.23. The largest absolute Gasteiger partial charge is 0.322 e. The molecule has 7 heteroatoms. The van der Waals surface area contributed by atoms with E-state index in [2.05, 4.69) is 28.2 Å². The standard InChI is InChI=1S/C33H31BrN4O2/c1-3-24-17-19-26(20-18-24)38-31(35-29-15-9-7-13-27(29)32(38)39)23(2)37(22-21-25-11-5-4-6-12-25)33(40)36-30-16-10-8-14-28(30)34/h4-20,23H,3,21-22H2,1-2H3,(H,36,40). The molecule has 1 atom stereocenters. The number of aryl methyl sites for hydroxylation is 1. The molecule has 202 valence electrons. The highest BCUT2D eigenvalue weighted by molar-refractivity contribution is 9.10. The second-order valence-corrected chi connectivity index (χ2v) is 10.5. The van der Waals surface area contributed by atoms with E-state index < -0.39 is 6.04 Å². The molecule has 5 rings (SSSR count). The summed E-state index contributed by atoms with van der Waals surface area (Å²) in [5.41, 5.74) is 4.13. The number of anilines is 1. The van der Waals surface area contributed by atoms with E-state index in [0.29, 0.717) is 35.4 Å². The zero-order chi connectivity index (χ0) is 28.1. The van der Waals surface area contributed by atoms with Gasteiger partial charge in [-0.1, -0.05) is 73.7 Å². The van der Waals surface area contributed by atoms with Gasteiger partial charge in [-0.2, -0.15) is 0 Å². The molecule has 1 unspecified atom stereocenters. The number of aromatic nitrogens is 2. The van der Waals surface area contributed by atoms with Gasteiger partial charge in [0.05, 0.1) is 28.3 Å². The van der Waals surface area contributed by atoms with Gasteiger partial charge in [0.1, 0.15) is 5.82 Å². The number of fused-ring (bicyclic) bond motifs is 1. The molecule has 40 heavy (non-hydrogen) atoms. The van der Waals surface area contributed by atoms with E-state index in [1.54, 1.807) is 15.5 Å². The lowest BCUT2D eigenvalue weighted by Gasteiger charge is -2.31. The molecule has 4 aromatic carbocycles. The third-order valence-corrected chi connectivity index (χ3v) is 7.80. The van der Waals surface area contributed by atoms with Gasteiger partial charge in [-0.25, -0.2) is 9.78 Å². The van der Waals surface area contributed by atoms with Crippen LogP contribution in [-0.4, -0.2) is 27.0 Å². The molecule has 1 N–H and O–H groups in total. The Morgan fingerprint density at radius 3 is 2.30 bits per heavy atom. The number of amides is 2. The van der Waals surface area contributed by atoms with Gasteiger partial charge in [0.25, 0.3) is 5.56 Å². The summed E-state index contributed by atoms with van der Waals surface area (Å²) in [5.74, 6) is 0.503. The van der Waals surface area contributed by atoms with Crippen LogP contribution in [0.4, 0.5) is 10.5 Å². The maximum Gasteiger partial charge on any atom is 0.322 e. The van der Waals surface area contributed by atoms with Crippen LogP contribution in [0.25, 0.3) is 16.6 Å². The highest BCUT2D eigenvalue weighted by Gasteiger charge is 2.27. The van der Waals surface area contributed by atoms with Gasteiger partial charge < -0.3 is 10.2 Å². The first-order chi connectivity index (χ1) is 19.5. The summed E-state index contributed by atoms with van der Waals surface area (Å²) in [4.78, 5) is 34.5. The molecule has 1 aromatic heterocycles. The summed E-state index contributed by atoms with van der Waals surface area (Å²) in [6.07, 6.45) is 1.55. The predicted molar refractivity (Wildman–Crippen MR) is 165 cm³/mol. The van der Waals surface area contributed by atoms with Crippen LogP contribution in [0.3, 0.4) is 0 Å². The second kappa shape index (κ2) is 12.3. The second-order valence-electron chi connectivity index (χ2n) is 9.66. The number of hydrogen-bond acceptors (Lipinski definition) is 3. The fraction of sp³-hybridized carbons (Fsp3) is 0.182. The molecule has 0 aliphatic rings. The van der Waals surface area contributed by atoms with E-state index in [1.807, 2.05) is 104 Å². The molecule has 0 fully saturated rings. The van der Waals surface area contributed by atoms with Gasteiger partial charge in [-0.15, -0.1) is 0 Å². The van der Waals surface area contributed by atoms with Crippen molar-refractivity contribution < 1.29 is 4.79 Å². The molecule has 0 bridgehead atoms. The first-order valence-corrected chi connectivity index (χ1v) is 14.2. The minimum atomic E-state index is -0.519. The number of para-hydroxylation sites is 2. The summed E-state index contributed by atoms with van der Waals surface area (Å²) < 4.78 is 2.43. The monoisotopic (exact) mass is 594 g/mol. The van der Waals surface area contributed by atoms with Crippen LogP contribution in [0.15, 0.2) is 112 Å². The first kappa shape index (κ1) is 27.3. The maximum absolute atomic E-state index is 13.9. The van der Waals surface area contributed by atoms with E-state index in [1.165, 1.54) is 5.56 Å². The lowest BCUT2D eigenvalue weighted by molar-refractivity contribution is 0.190. The molecule has 0 aliphatic carbocycles. The van der Waals surface area contributed by atoms with Crippen LogP contribution in [0, 0.1) is 0 Å². The number of halogens is 1. The van der Waals surface area contributed by atoms with Gasteiger partial charge >= 0.3 is 6.03 Å². The lowest BCUT2D eigenvalue weighted by atomic mass is 10.1. The number of benzene rings is 4. The third-order valence-electron chi connectivity index (χ3n) is 7.11. The number of carbonyl (C=O) groups is 1. The Kier molecular flexibility index (Phi) is 8.41. The Labute approximate surface area is 242 Å². The van der Waals surface area contributed by atoms with Crippen LogP contribution >= 0.6 is 15.9 Å². The molecule has 2 amide bonds. The summed E-state index contributed by atoms with van der Waals surface area (Å²) in [5, 5.41) is 3.58. The van der Waals surface area contributed by atoms with Crippen LogP contribution in [0.1, 0.15) is 36.8 Å². The van der Waals surface area contributed by atoms with Crippen molar-refractivity contribution in [2.75, 3.05) is 11.9 Å². The zero-order valence-electron chi connectivity index (χ0n) is 22.5. The van der Waals surface area contributed by atoms with Crippen molar-refractivity contribution in [3.63, 3.8) is 0 Å². The number of urea groups is 1. The summed E-state index contributed by atoms with van der Waals surface area (Å²) in [6.45, 7) is 4.46. The van der Waals surface area contributed by atoms with Crippen molar-refractivity contribution in [3.8, 4) is 5.69 Å². The molecule has 1 heterocycles. The van der Waals surface area contributed by atoms with E-state index in [0.717, 1.165) is 22.1 Å². The van der Waals surface area contributed by atoms with Gasteiger partial charge in [0.2, 0.25) is 0 Å². The van der Waals surface area contributed by atoms with Crippen molar-refractivity contribution in [1.82, 2.24) is 14.5 Å². The van der Waals surface area contributed by atoms with Crippen molar-refractivity contribution in [2.24, 2.45) is 0 Å². The zero-order valence-corrected chi connectivity index (χ0v) is 24.1. The molecule has 0 spiro atoms. The fourth-order valence-corrected chi connectivity index (χ4v) is 5.20. The Morgan fingerprint density at radius 1 is 0.900 bits per heavy atom. The minimum Gasteiger partial charge on any atom is -0.314 e.